The summed E-state index contributed by atoms with van der Waals surface area (Å²) in [6.45, 7) is 17.4. The van der Waals surface area contributed by atoms with Gasteiger partial charge in [-0.25, -0.2) is 10.4 Å². The third-order valence-corrected chi connectivity index (χ3v) is 12.4. The minimum atomic E-state index is -0.838. The maximum Gasteiger partial charge on any atom is 0.265 e. The third-order valence-electron chi connectivity index (χ3n) is 11.4. The highest BCUT2D eigenvalue weighted by molar-refractivity contribution is 7.13. The molecule has 2 aromatic carbocycles. The van der Waals surface area contributed by atoms with Gasteiger partial charge in [0.15, 0.2) is 0 Å². The van der Waals surface area contributed by atoms with E-state index in [9.17, 15) is 24.3 Å². The summed E-state index contributed by atoms with van der Waals surface area (Å²) in [6.07, 6.45) is 5.51. The summed E-state index contributed by atoms with van der Waals surface area (Å²) in [6, 6.07) is 13.8. The van der Waals surface area contributed by atoms with E-state index in [0.29, 0.717) is 12.0 Å². The van der Waals surface area contributed by atoms with E-state index in [2.05, 4.69) is 43.2 Å². The smallest absolute Gasteiger partial charge is 0.265 e. The van der Waals surface area contributed by atoms with E-state index in [4.69, 9.17) is 0 Å². The number of nitrogens with one attached hydrogen (secondary N) is 4. The number of carbonyl (C=O) groups excluding carboxylic acids is 4. The van der Waals surface area contributed by atoms with Crippen LogP contribution in [0, 0.1) is 12.3 Å². The Balaban J connectivity index is 0.997. The summed E-state index contributed by atoms with van der Waals surface area (Å²) < 4.78 is 0. The number of hydrazine groups is 1. The van der Waals surface area contributed by atoms with Crippen molar-refractivity contribution < 1.29 is 24.3 Å². The Labute approximate surface area is 354 Å². The van der Waals surface area contributed by atoms with Crippen molar-refractivity contribution in [2.45, 2.75) is 117 Å². The van der Waals surface area contributed by atoms with Crippen LogP contribution in [0.5, 0.6) is 0 Å². The molecule has 13 nitrogen and oxygen atoms in total. The van der Waals surface area contributed by atoms with Crippen LogP contribution in [0.15, 0.2) is 54.0 Å². The van der Waals surface area contributed by atoms with Crippen molar-refractivity contribution in [2.75, 3.05) is 50.7 Å². The van der Waals surface area contributed by atoms with Gasteiger partial charge in [-0.1, -0.05) is 71.2 Å². The Hall–Kier alpha value is -4.37. The van der Waals surface area contributed by atoms with Crippen LogP contribution in [0.2, 0.25) is 0 Å². The molecule has 2 aliphatic rings. The number of hydrogen-bond acceptors (Lipinski definition) is 10. The van der Waals surface area contributed by atoms with Crippen LogP contribution in [0.3, 0.4) is 0 Å². The van der Waals surface area contributed by atoms with Gasteiger partial charge in [0, 0.05) is 63.4 Å². The van der Waals surface area contributed by atoms with E-state index < -0.39 is 23.6 Å². The lowest BCUT2D eigenvalue weighted by Crippen LogP contribution is -2.57. The number of hydrogen-bond donors (Lipinski definition) is 5. The number of carbonyl (C=O) groups is 4. The Morgan fingerprint density at radius 1 is 0.915 bits per heavy atom. The SMILES string of the molecule is CCCNNC(=O)c1ccc(N2CCN(CCCCCCCC(=O)NC(C(=O)N3CC(O)CC3C(=O)NC(C)c3ccc(-c4scnc4C)cc3)C(C)(C)C)CC2)cc1. The van der Waals surface area contributed by atoms with E-state index >= 15 is 0 Å². The molecule has 1 aromatic heterocycles. The van der Waals surface area contributed by atoms with Crippen LogP contribution in [0.25, 0.3) is 10.4 Å². The number of aryl methyl sites for hydroxylation is 1. The lowest BCUT2D eigenvalue weighted by Gasteiger charge is -2.36. The first-order valence-corrected chi connectivity index (χ1v) is 22.3. The molecule has 2 saturated heterocycles. The first-order valence-electron chi connectivity index (χ1n) is 21.4. The number of thiazole rings is 1. The van der Waals surface area contributed by atoms with E-state index in [1.807, 2.05) is 88.7 Å². The average Bonchev–Trinajstić information content (AvgIpc) is 3.84. The Kier molecular flexibility index (Phi) is 16.9. The van der Waals surface area contributed by atoms with Crippen molar-refractivity contribution in [1.82, 2.24) is 36.3 Å². The van der Waals surface area contributed by atoms with E-state index in [1.165, 1.54) is 4.90 Å². The molecule has 4 amide bonds. The summed E-state index contributed by atoms with van der Waals surface area (Å²) in [7, 11) is 0. The fourth-order valence-corrected chi connectivity index (χ4v) is 8.60. The number of benzene rings is 2. The maximum absolute atomic E-state index is 14.1. The number of likely N-dealkylation sites (tertiary alicyclic amines) is 1. The van der Waals surface area contributed by atoms with Gasteiger partial charge in [0.2, 0.25) is 17.7 Å². The molecule has 4 unspecified atom stereocenters. The number of aliphatic hydroxyl groups excluding tert-OH is 1. The van der Waals surface area contributed by atoms with Crippen LogP contribution >= 0.6 is 11.3 Å². The van der Waals surface area contributed by atoms with Crippen LogP contribution in [-0.4, -0.2) is 108 Å². The molecule has 2 fully saturated rings. The molecule has 14 heteroatoms. The predicted octanol–water partition coefficient (Wildman–Crippen LogP) is 5.60. The van der Waals surface area contributed by atoms with Gasteiger partial charge in [0.1, 0.15) is 12.1 Å². The molecule has 2 aliphatic heterocycles. The fourth-order valence-electron chi connectivity index (χ4n) is 7.79. The number of unbranched alkanes of at least 4 members (excludes halogenated alkanes) is 4. The number of amides is 4. The van der Waals surface area contributed by atoms with E-state index in [-0.39, 0.29) is 42.6 Å². The predicted molar refractivity (Wildman–Crippen MR) is 235 cm³/mol. The zero-order valence-electron chi connectivity index (χ0n) is 35.9. The molecular formula is C45H66N8O5S. The minimum absolute atomic E-state index is 0.0406. The van der Waals surface area contributed by atoms with Crippen molar-refractivity contribution in [1.29, 1.82) is 0 Å². The normalized spacial score (nSPS) is 18.4. The summed E-state index contributed by atoms with van der Waals surface area (Å²) >= 11 is 1.59. The number of aromatic nitrogens is 1. The molecular weight excluding hydrogens is 765 g/mol. The van der Waals surface area contributed by atoms with E-state index in [0.717, 1.165) is 105 Å². The van der Waals surface area contributed by atoms with Crippen molar-refractivity contribution in [3.8, 4) is 10.4 Å². The van der Waals surface area contributed by atoms with Crippen LogP contribution in [-0.2, 0) is 14.4 Å². The second kappa shape index (κ2) is 21.8. The first-order chi connectivity index (χ1) is 28.2. The first kappa shape index (κ1) is 45.7. The molecule has 5 N–H and O–H groups in total. The summed E-state index contributed by atoms with van der Waals surface area (Å²) in [5.41, 5.74) is 11.6. The second-order valence-electron chi connectivity index (χ2n) is 17.2. The van der Waals surface area contributed by atoms with Gasteiger partial charge in [-0.15, -0.1) is 11.3 Å². The zero-order valence-corrected chi connectivity index (χ0v) is 36.7. The molecule has 4 atom stereocenters. The molecule has 59 heavy (non-hydrogen) atoms. The summed E-state index contributed by atoms with van der Waals surface area (Å²) in [5, 5.41) is 16.7. The molecule has 0 radical (unpaired) electrons. The highest BCUT2D eigenvalue weighted by Crippen LogP contribution is 2.30. The van der Waals surface area contributed by atoms with Crippen molar-refractivity contribution in [2.24, 2.45) is 5.41 Å². The fraction of sp³-hybridized carbons (Fsp3) is 0.578. The lowest BCUT2D eigenvalue weighted by molar-refractivity contribution is -0.144. The highest BCUT2D eigenvalue weighted by atomic mass is 32.1. The monoisotopic (exact) mass is 830 g/mol. The van der Waals surface area contributed by atoms with Crippen LogP contribution < -0.4 is 26.4 Å². The number of nitrogens with zero attached hydrogens (tertiary/aromatic N) is 4. The summed E-state index contributed by atoms with van der Waals surface area (Å²) in [4.78, 5) is 64.9. The molecule has 0 spiro atoms. The van der Waals surface area contributed by atoms with Gasteiger partial charge < -0.3 is 25.5 Å². The largest absolute Gasteiger partial charge is 0.391 e. The van der Waals surface area contributed by atoms with E-state index in [1.54, 1.807) is 11.3 Å². The number of β-amino-alcohol motifs (C(OH)–C–C–N with tert-alkyl or cyclic N) is 1. The van der Waals surface area contributed by atoms with Gasteiger partial charge >= 0.3 is 0 Å². The number of rotatable bonds is 19. The van der Waals surface area contributed by atoms with Crippen molar-refractivity contribution in [3.63, 3.8) is 0 Å². The standard InChI is InChI=1S/C45H66N8O5S/c1-7-22-47-50-42(56)35-18-20-36(21-19-35)52-26-24-51(25-27-52)23-12-10-8-9-11-13-39(55)49-41(45(4,5)6)44(58)53-29-37(54)28-38(53)43(57)48-31(2)33-14-16-34(17-15-33)40-32(3)46-30-59-40/h14-21,30-31,37-38,41,47,54H,7-13,22-29H2,1-6H3,(H,48,57)(H,49,55)(H,50,56). The summed E-state index contributed by atoms with van der Waals surface area (Å²) in [5.74, 6) is -0.970. The number of piperazine rings is 1. The maximum atomic E-state index is 14.1. The molecule has 3 heterocycles. The van der Waals surface area contributed by atoms with Gasteiger partial charge in [-0.2, -0.15) is 0 Å². The van der Waals surface area contributed by atoms with Crippen LogP contribution in [0.1, 0.15) is 114 Å². The Morgan fingerprint density at radius 2 is 1.59 bits per heavy atom. The molecule has 3 aromatic rings. The lowest BCUT2D eigenvalue weighted by atomic mass is 9.85. The van der Waals surface area contributed by atoms with Crippen LogP contribution in [0.4, 0.5) is 5.69 Å². The Bertz CT molecular complexity index is 1820. The second-order valence-corrected chi connectivity index (χ2v) is 18.0. The van der Waals surface area contributed by atoms with Gasteiger partial charge in [0.05, 0.1) is 28.2 Å². The number of aliphatic hydroxyl groups is 1. The molecule has 322 valence electrons. The molecule has 0 bridgehead atoms. The van der Waals surface area contributed by atoms with Crippen molar-refractivity contribution in [3.05, 3.63) is 70.9 Å². The molecule has 0 saturated carbocycles. The number of anilines is 1. The molecule has 5 rings (SSSR count). The van der Waals surface area contributed by atoms with Gasteiger partial charge in [0.25, 0.3) is 5.91 Å². The quantitative estimate of drug-likeness (QED) is 0.0767. The minimum Gasteiger partial charge on any atom is -0.391 e. The average molecular weight is 831 g/mol. The van der Waals surface area contributed by atoms with Gasteiger partial charge in [-0.05, 0) is 80.5 Å². The Morgan fingerprint density at radius 3 is 2.24 bits per heavy atom. The topological polar surface area (TPSA) is 159 Å². The molecule has 0 aliphatic carbocycles. The van der Waals surface area contributed by atoms with Gasteiger partial charge in [-0.3, -0.25) is 29.5 Å². The van der Waals surface area contributed by atoms with Crippen molar-refractivity contribution >= 4 is 40.7 Å². The highest BCUT2D eigenvalue weighted by Gasteiger charge is 2.44. The third kappa shape index (κ3) is 13.1. The zero-order chi connectivity index (χ0) is 42.5.